The zero-order chi connectivity index (χ0) is 27.4. The van der Waals surface area contributed by atoms with Crippen molar-refractivity contribution in [1.82, 2.24) is 0 Å². The van der Waals surface area contributed by atoms with Gasteiger partial charge in [0.05, 0.1) is 24.4 Å². The quantitative estimate of drug-likeness (QED) is 0.267. The van der Waals surface area contributed by atoms with Crippen molar-refractivity contribution >= 4 is 23.1 Å². The van der Waals surface area contributed by atoms with Crippen LogP contribution < -0.4 is 26.5 Å². The number of rotatable bonds is 12. The standard InChI is InChI=1S/C16H26O2.C16H25O2.BrH.Mg/c1-11(2)6-9-15(17)14-8-7-13(5)16(10-14)18-12(3)4;1-6-12(4)9-15(17)14-8-7-13(5)16(10-14)18-11(2)3;;/h7-8,10-12,15,17H,6,9H2,1-5H3;7-8,10-12,15,17H,1,6,9H2,2-5H3;1H;/q;-1;;+2/p-1. The monoisotopic (exact) mass is 602 g/mol. The number of benzene rings is 2. The molecule has 0 amide bonds. The summed E-state index contributed by atoms with van der Waals surface area (Å²) in [6.07, 6.45) is 2.92. The molecule has 38 heavy (non-hydrogen) atoms. The summed E-state index contributed by atoms with van der Waals surface area (Å²) < 4.78 is 11.5. The van der Waals surface area contributed by atoms with E-state index in [1.54, 1.807) is 0 Å². The first-order valence-corrected chi connectivity index (χ1v) is 13.5. The molecule has 0 aromatic heterocycles. The molecule has 0 saturated heterocycles. The molecule has 0 heterocycles. The Morgan fingerprint density at radius 1 is 0.711 bits per heavy atom. The van der Waals surface area contributed by atoms with E-state index in [0.29, 0.717) is 11.8 Å². The first-order chi connectivity index (χ1) is 16.8. The smallest absolute Gasteiger partial charge is 1.00 e. The Hall–Kier alpha value is -0.794. The molecule has 2 rings (SSSR count). The van der Waals surface area contributed by atoms with E-state index in [9.17, 15) is 10.2 Å². The molecular formula is C32H51BrMgO4. The van der Waals surface area contributed by atoms with Gasteiger partial charge in [-0.3, -0.25) is 0 Å². The van der Waals surface area contributed by atoms with Crippen molar-refractivity contribution in [2.75, 3.05) is 0 Å². The molecule has 0 bridgehead atoms. The topological polar surface area (TPSA) is 58.9 Å². The fraction of sp³-hybridized carbons (Fsp3) is 0.594. The van der Waals surface area contributed by atoms with E-state index in [2.05, 4.69) is 27.7 Å². The summed E-state index contributed by atoms with van der Waals surface area (Å²) in [5.74, 6) is 2.79. The summed E-state index contributed by atoms with van der Waals surface area (Å²) in [5, 5.41) is 20.4. The van der Waals surface area contributed by atoms with Gasteiger partial charge in [0.15, 0.2) is 0 Å². The number of aliphatic hydroxyl groups excluding tert-OH is 2. The summed E-state index contributed by atoms with van der Waals surface area (Å²) in [4.78, 5) is 0. The Morgan fingerprint density at radius 3 is 1.50 bits per heavy atom. The van der Waals surface area contributed by atoms with Crippen LogP contribution in [0.5, 0.6) is 11.5 Å². The van der Waals surface area contributed by atoms with Crippen LogP contribution in [-0.4, -0.2) is 45.5 Å². The molecule has 0 saturated carbocycles. The Bertz CT molecular complexity index is 901. The second-order valence-electron chi connectivity index (χ2n) is 11.0. The second kappa shape index (κ2) is 20.1. The average molecular weight is 604 g/mol. The molecule has 2 N–H and O–H groups in total. The zero-order valence-electron chi connectivity index (χ0n) is 25.3. The van der Waals surface area contributed by atoms with E-state index >= 15 is 0 Å². The van der Waals surface area contributed by atoms with Crippen LogP contribution in [-0.2, 0) is 0 Å². The molecule has 0 radical (unpaired) electrons. The SMILES string of the molecule is Cc1ccc(C(O)CCC(C)C)cc1OC(C)C.[Br-].[CH2-]CC(C)CC(O)c1ccc(C)c(OC(C)C)c1.[Mg+2]. The minimum Gasteiger partial charge on any atom is -1.00 e. The van der Waals surface area contributed by atoms with E-state index < -0.39 is 6.10 Å². The van der Waals surface area contributed by atoms with Gasteiger partial charge in [0.1, 0.15) is 11.5 Å². The van der Waals surface area contributed by atoms with Crippen molar-refractivity contribution in [2.24, 2.45) is 11.8 Å². The van der Waals surface area contributed by atoms with Crippen LogP contribution in [0.25, 0.3) is 0 Å². The van der Waals surface area contributed by atoms with Gasteiger partial charge in [-0.15, -0.1) is 0 Å². The van der Waals surface area contributed by atoms with Crippen LogP contribution in [0.1, 0.15) is 109 Å². The van der Waals surface area contributed by atoms with Gasteiger partial charge in [-0.2, -0.15) is 6.42 Å². The molecule has 2 aromatic rings. The molecule has 0 spiro atoms. The van der Waals surface area contributed by atoms with E-state index in [1.807, 2.05) is 77.9 Å². The van der Waals surface area contributed by atoms with Gasteiger partial charge in [0, 0.05) is 0 Å². The predicted octanol–water partition coefficient (Wildman–Crippen LogP) is 4.94. The van der Waals surface area contributed by atoms with Crippen molar-refractivity contribution in [3.8, 4) is 11.5 Å². The number of ether oxygens (including phenoxy) is 2. The number of aliphatic hydroxyl groups is 2. The molecule has 0 fully saturated rings. The second-order valence-corrected chi connectivity index (χ2v) is 11.0. The number of hydrogen-bond donors (Lipinski definition) is 2. The summed E-state index contributed by atoms with van der Waals surface area (Å²) in [5.41, 5.74) is 4.10. The van der Waals surface area contributed by atoms with Crippen LogP contribution >= 0.6 is 0 Å². The molecule has 0 aliphatic heterocycles. The first-order valence-electron chi connectivity index (χ1n) is 13.5. The number of halogens is 1. The van der Waals surface area contributed by atoms with E-state index in [4.69, 9.17) is 9.47 Å². The third kappa shape index (κ3) is 15.1. The van der Waals surface area contributed by atoms with Gasteiger partial charge in [0.2, 0.25) is 0 Å². The molecule has 0 aliphatic carbocycles. The van der Waals surface area contributed by atoms with Crippen LogP contribution in [0, 0.1) is 32.6 Å². The van der Waals surface area contributed by atoms with Gasteiger partial charge in [-0.1, -0.05) is 51.0 Å². The van der Waals surface area contributed by atoms with Gasteiger partial charge >= 0.3 is 23.1 Å². The largest absolute Gasteiger partial charge is 2.00 e. The maximum absolute atomic E-state index is 10.2. The third-order valence-electron chi connectivity index (χ3n) is 6.06. The van der Waals surface area contributed by atoms with Crippen molar-refractivity contribution in [3.05, 3.63) is 65.6 Å². The minimum absolute atomic E-state index is 0. The fourth-order valence-corrected chi connectivity index (χ4v) is 3.70. The Labute approximate surface area is 259 Å². The van der Waals surface area contributed by atoms with E-state index in [0.717, 1.165) is 59.4 Å². The zero-order valence-corrected chi connectivity index (χ0v) is 28.3. The van der Waals surface area contributed by atoms with Crippen LogP contribution in [0.15, 0.2) is 36.4 Å². The van der Waals surface area contributed by atoms with Crippen molar-refractivity contribution in [1.29, 1.82) is 0 Å². The third-order valence-corrected chi connectivity index (χ3v) is 6.06. The molecular weight excluding hydrogens is 553 g/mol. The number of aryl methyl sites for hydroxylation is 2. The predicted molar refractivity (Wildman–Crippen MR) is 157 cm³/mol. The van der Waals surface area contributed by atoms with Gasteiger partial charge < -0.3 is 43.6 Å². The Kier molecular flexibility index (Phi) is 20.9. The summed E-state index contributed by atoms with van der Waals surface area (Å²) in [6.45, 7) is 22.4. The molecule has 3 unspecified atom stereocenters. The van der Waals surface area contributed by atoms with E-state index in [1.165, 1.54) is 0 Å². The van der Waals surface area contributed by atoms with Gasteiger partial charge in [-0.05, 0) is 101 Å². The minimum atomic E-state index is -0.433. The molecule has 0 aliphatic rings. The van der Waals surface area contributed by atoms with Crippen LogP contribution in [0.2, 0.25) is 0 Å². The van der Waals surface area contributed by atoms with Crippen LogP contribution in [0.4, 0.5) is 0 Å². The fourth-order valence-electron chi connectivity index (χ4n) is 3.70. The summed E-state index contributed by atoms with van der Waals surface area (Å²) >= 11 is 0. The van der Waals surface area contributed by atoms with E-state index in [-0.39, 0.29) is 58.3 Å². The maximum Gasteiger partial charge on any atom is 2.00 e. The normalized spacial score (nSPS) is 13.1. The Balaban J connectivity index is 0. The summed E-state index contributed by atoms with van der Waals surface area (Å²) in [7, 11) is 0. The van der Waals surface area contributed by atoms with Crippen LogP contribution in [0.3, 0.4) is 0 Å². The Morgan fingerprint density at radius 2 is 1.13 bits per heavy atom. The molecule has 4 nitrogen and oxygen atoms in total. The average Bonchev–Trinajstić information content (AvgIpc) is 2.80. The van der Waals surface area contributed by atoms with Gasteiger partial charge in [-0.25, -0.2) is 0 Å². The van der Waals surface area contributed by atoms with Crippen molar-refractivity contribution in [2.45, 2.75) is 112 Å². The molecule has 2 aromatic carbocycles. The molecule has 3 atom stereocenters. The number of hydrogen-bond acceptors (Lipinski definition) is 4. The molecule has 212 valence electrons. The molecule has 6 heteroatoms. The van der Waals surface area contributed by atoms with Crippen molar-refractivity contribution in [3.63, 3.8) is 0 Å². The first kappa shape index (κ1) is 39.3. The maximum atomic E-state index is 10.2. The van der Waals surface area contributed by atoms with Crippen molar-refractivity contribution < 1.29 is 36.7 Å². The van der Waals surface area contributed by atoms with Gasteiger partial charge in [0.25, 0.3) is 0 Å². The summed E-state index contributed by atoms with van der Waals surface area (Å²) in [6, 6.07) is 11.9.